The summed E-state index contributed by atoms with van der Waals surface area (Å²) in [7, 11) is 0. The van der Waals surface area contributed by atoms with Gasteiger partial charge >= 0.3 is 5.97 Å². The maximum atomic E-state index is 10.8. The summed E-state index contributed by atoms with van der Waals surface area (Å²) in [6.07, 6.45) is 1.67. The Hall–Kier alpha value is -2.27. The van der Waals surface area contributed by atoms with E-state index in [0.29, 0.717) is 10.7 Å². The van der Waals surface area contributed by atoms with Crippen molar-refractivity contribution >= 4 is 28.5 Å². The predicted octanol–water partition coefficient (Wildman–Crippen LogP) is 3.17. The number of carboxylic acid groups (broad SMARTS) is 1. The molecule has 90 valence electrons. The van der Waals surface area contributed by atoms with Crippen LogP contribution in [0.5, 0.6) is 0 Å². The molecule has 0 spiro atoms. The molecule has 2 heterocycles. The number of aromatic nitrogens is 2. The van der Waals surface area contributed by atoms with Crippen molar-refractivity contribution in [3.63, 3.8) is 0 Å². The Morgan fingerprint density at radius 2 is 2.28 bits per heavy atom. The lowest BCUT2D eigenvalue weighted by Crippen LogP contribution is -1.91. The van der Waals surface area contributed by atoms with E-state index in [0.717, 1.165) is 16.5 Å². The largest absolute Gasteiger partial charge is 0.475 e. The first-order valence-electron chi connectivity index (χ1n) is 5.13. The molecule has 3 rings (SSSR count). The molecule has 0 atom stereocenters. The molecule has 5 nitrogen and oxygen atoms in total. The van der Waals surface area contributed by atoms with E-state index in [9.17, 15) is 4.79 Å². The molecule has 0 aliphatic rings. The van der Waals surface area contributed by atoms with Crippen LogP contribution >= 0.6 is 11.6 Å². The monoisotopic (exact) mass is 262 g/mol. The first kappa shape index (κ1) is 10.9. The lowest BCUT2D eigenvalue weighted by Gasteiger charge is -1.97. The normalized spacial score (nSPS) is 10.9. The molecular formula is C12H7ClN2O3. The third kappa shape index (κ3) is 1.56. The zero-order valence-corrected chi connectivity index (χ0v) is 9.73. The highest BCUT2D eigenvalue weighted by molar-refractivity contribution is 6.35. The van der Waals surface area contributed by atoms with Gasteiger partial charge in [0.1, 0.15) is 5.69 Å². The van der Waals surface area contributed by atoms with Crippen LogP contribution in [0.2, 0.25) is 5.02 Å². The number of benzene rings is 1. The summed E-state index contributed by atoms with van der Waals surface area (Å²) in [6, 6.07) is 6.90. The van der Waals surface area contributed by atoms with Crippen molar-refractivity contribution in [3.05, 3.63) is 41.2 Å². The summed E-state index contributed by atoms with van der Waals surface area (Å²) in [5.74, 6) is -1.34. The van der Waals surface area contributed by atoms with Crippen molar-refractivity contribution in [2.24, 2.45) is 0 Å². The fourth-order valence-electron chi connectivity index (χ4n) is 1.84. The predicted molar refractivity (Wildman–Crippen MR) is 65.8 cm³/mol. The minimum atomic E-state index is -1.15. The standard InChI is InChI=1S/C12H7ClN2O3/c13-8-5-14-11-6(8)2-1-3-7(11)9-4-10(12(16)17)18-15-9/h1-5,14H,(H,16,17). The number of para-hydroxylation sites is 1. The van der Waals surface area contributed by atoms with E-state index in [1.54, 1.807) is 6.20 Å². The molecule has 0 radical (unpaired) electrons. The van der Waals surface area contributed by atoms with Crippen LogP contribution in [-0.2, 0) is 0 Å². The fourth-order valence-corrected chi connectivity index (χ4v) is 2.05. The highest BCUT2D eigenvalue weighted by atomic mass is 35.5. The SMILES string of the molecule is O=C(O)c1cc(-c2cccc3c(Cl)c[nH]c23)no1. The van der Waals surface area contributed by atoms with Crippen LogP contribution in [0.25, 0.3) is 22.2 Å². The molecule has 0 aliphatic carbocycles. The van der Waals surface area contributed by atoms with Gasteiger partial charge in [-0.25, -0.2) is 4.79 Å². The summed E-state index contributed by atoms with van der Waals surface area (Å²) in [4.78, 5) is 13.8. The van der Waals surface area contributed by atoms with Gasteiger partial charge in [-0.15, -0.1) is 0 Å². The van der Waals surface area contributed by atoms with Crippen LogP contribution < -0.4 is 0 Å². The number of hydrogen-bond donors (Lipinski definition) is 2. The first-order chi connectivity index (χ1) is 8.66. The molecule has 1 aromatic carbocycles. The summed E-state index contributed by atoms with van der Waals surface area (Å²) < 4.78 is 4.74. The Kier molecular flexibility index (Phi) is 2.34. The molecule has 0 bridgehead atoms. The average Bonchev–Trinajstić information content (AvgIpc) is 2.97. The van der Waals surface area contributed by atoms with E-state index in [4.69, 9.17) is 21.2 Å². The minimum absolute atomic E-state index is 0.195. The maximum absolute atomic E-state index is 10.8. The van der Waals surface area contributed by atoms with E-state index >= 15 is 0 Å². The number of carbonyl (C=O) groups is 1. The number of aromatic carboxylic acids is 1. The molecule has 6 heteroatoms. The van der Waals surface area contributed by atoms with Gasteiger partial charge in [-0.1, -0.05) is 35.0 Å². The fraction of sp³-hybridized carbons (Fsp3) is 0. The maximum Gasteiger partial charge on any atom is 0.374 e. The summed E-state index contributed by atoms with van der Waals surface area (Å²) in [5.41, 5.74) is 2.00. The van der Waals surface area contributed by atoms with Crippen LogP contribution in [0, 0.1) is 0 Å². The third-order valence-electron chi connectivity index (χ3n) is 2.66. The highest BCUT2D eigenvalue weighted by Crippen LogP contribution is 2.31. The van der Waals surface area contributed by atoms with Crippen molar-refractivity contribution in [3.8, 4) is 11.3 Å². The van der Waals surface area contributed by atoms with Crippen LogP contribution in [0.3, 0.4) is 0 Å². The van der Waals surface area contributed by atoms with Gasteiger partial charge in [-0.3, -0.25) is 0 Å². The average molecular weight is 263 g/mol. The molecule has 18 heavy (non-hydrogen) atoms. The number of carboxylic acids is 1. The molecule has 2 aromatic heterocycles. The van der Waals surface area contributed by atoms with Crippen LogP contribution in [0.4, 0.5) is 0 Å². The van der Waals surface area contributed by atoms with Crippen molar-refractivity contribution in [1.82, 2.24) is 10.1 Å². The number of aromatic amines is 1. The van der Waals surface area contributed by atoms with Crippen molar-refractivity contribution in [2.45, 2.75) is 0 Å². The smallest absolute Gasteiger partial charge is 0.374 e. The van der Waals surface area contributed by atoms with Gasteiger partial charge in [0.25, 0.3) is 0 Å². The zero-order valence-electron chi connectivity index (χ0n) is 8.98. The number of nitrogens with zero attached hydrogens (tertiary/aromatic N) is 1. The van der Waals surface area contributed by atoms with Gasteiger partial charge in [0, 0.05) is 23.2 Å². The summed E-state index contributed by atoms with van der Waals surface area (Å²) >= 11 is 6.02. The lowest BCUT2D eigenvalue weighted by molar-refractivity contribution is 0.0652. The third-order valence-corrected chi connectivity index (χ3v) is 2.97. The molecule has 0 saturated heterocycles. The summed E-state index contributed by atoms with van der Waals surface area (Å²) in [5, 5.41) is 14.0. The number of hydrogen-bond acceptors (Lipinski definition) is 3. The molecule has 0 aliphatic heterocycles. The van der Waals surface area contributed by atoms with Gasteiger partial charge in [0.15, 0.2) is 0 Å². The van der Waals surface area contributed by atoms with Crippen molar-refractivity contribution in [2.75, 3.05) is 0 Å². The molecular weight excluding hydrogens is 256 g/mol. The number of halogens is 1. The number of fused-ring (bicyclic) bond motifs is 1. The van der Waals surface area contributed by atoms with Crippen molar-refractivity contribution in [1.29, 1.82) is 0 Å². The van der Waals surface area contributed by atoms with Crippen molar-refractivity contribution < 1.29 is 14.4 Å². The minimum Gasteiger partial charge on any atom is -0.475 e. The second-order valence-electron chi connectivity index (χ2n) is 3.75. The van der Waals surface area contributed by atoms with E-state index < -0.39 is 5.97 Å². The van der Waals surface area contributed by atoms with Gasteiger partial charge in [0.2, 0.25) is 5.76 Å². The highest BCUT2D eigenvalue weighted by Gasteiger charge is 2.15. The molecule has 0 fully saturated rings. The van der Waals surface area contributed by atoms with E-state index in [1.807, 2.05) is 18.2 Å². The Labute approximate surface area is 106 Å². The van der Waals surface area contributed by atoms with Crippen LogP contribution in [0.1, 0.15) is 10.6 Å². The van der Waals surface area contributed by atoms with Gasteiger partial charge in [0.05, 0.1) is 10.5 Å². The van der Waals surface area contributed by atoms with E-state index in [2.05, 4.69) is 10.1 Å². The summed E-state index contributed by atoms with van der Waals surface area (Å²) in [6.45, 7) is 0. The molecule has 3 aromatic rings. The second-order valence-corrected chi connectivity index (χ2v) is 4.15. The molecule has 2 N–H and O–H groups in total. The van der Waals surface area contributed by atoms with Gasteiger partial charge < -0.3 is 14.6 Å². The zero-order chi connectivity index (χ0) is 12.7. The van der Waals surface area contributed by atoms with E-state index in [1.165, 1.54) is 6.07 Å². The van der Waals surface area contributed by atoms with Crippen LogP contribution in [0.15, 0.2) is 35.0 Å². The van der Waals surface area contributed by atoms with Gasteiger partial charge in [-0.05, 0) is 0 Å². The molecule has 0 amide bonds. The van der Waals surface area contributed by atoms with E-state index in [-0.39, 0.29) is 5.76 Å². The Bertz CT molecular complexity index is 745. The first-order valence-corrected chi connectivity index (χ1v) is 5.50. The number of rotatable bonds is 2. The second kappa shape index (κ2) is 3.89. The van der Waals surface area contributed by atoms with Gasteiger partial charge in [-0.2, -0.15) is 0 Å². The topological polar surface area (TPSA) is 79.1 Å². The number of H-pyrrole nitrogens is 1. The van der Waals surface area contributed by atoms with Crippen LogP contribution in [-0.4, -0.2) is 21.2 Å². The Morgan fingerprint density at radius 1 is 1.44 bits per heavy atom. The quantitative estimate of drug-likeness (QED) is 0.743. The number of nitrogens with one attached hydrogen (secondary N) is 1. The molecule has 0 saturated carbocycles. The lowest BCUT2D eigenvalue weighted by atomic mass is 10.1. The Balaban J connectivity index is 2.21. The Morgan fingerprint density at radius 3 is 3.00 bits per heavy atom. The molecule has 0 unspecified atom stereocenters.